The first kappa shape index (κ1) is 11.5. The molecule has 0 radical (unpaired) electrons. The summed E-state index contributed by atoms with van der Waals surface area (Å²) in [5, 5.41) is 8.37. The molecule has 0 bridgehead atoms. The second kappa shape index (κ2) is 5.41. The lowest BCUT2D eigenvalue weighted by atomic mass is 9.94. The summed E-state index contributed by atoms with van der Waals surface area (Å²) >= 11 is 0. The second-order valence-electron chi connectivity index (χ2n) is 4.24. The molecule has 2 N–H and O–H groups in total. The van der Waals surface area contributed by atoms with E-state index in [2.05, 4.69) is 17.2 Å². The third-order valence-electron chi connectivity index (χ3n) is 3.08. The molecule has 0 aliphatic carbocycles. The normalized spacial score (nSPS) is 17.9. The van der Waals surface area contributed by atoms with E-state index in [1.54, 1.807) is 0 Å². The molecule has 1 saturated heterocycles. The molecule has 0 unspecified atom stereocenters. The summed E-state index contributed by atoms with van der Waals surface area (Å²) in [7, 11) is 0. The maximum atomic E-state index is 5.72. The summed E-state index contributed by atoms with van der Waals surface area (Å²) in [6, 6.07) is 0. The van der Waals surface area contributed by atoms with E-state index in [9.17, 15) is 0 Å². The molecular formula is C11H20N4O. The van der Waals surface area contributed by atoms with E-state index in [0.717, 1.165) is 44.7 Å². The van der Waals surface area contributed by atoms with Crippen LogP contribution in [0.4, 0.5) is 0 Å². The maximum absolute atomic E-state index is 5.72. The fraction of sp³-hybridized carbons (Fsp3) is 0.818. The van der Waals surface area contributed by atoms with Crippen LogP contribution in [0.15, 0.2) is 0 Å². The molecule has 0 saturated carbocycles. The molecule has 2 heterocycles. The van der Waals surface area contributed by atoms with Crippen molar-refractivity contribution in [2.75, 3.05) is 13.2 Å². The lowest BCUT2D eigenvalue weighted by Gasteiger charge is -2.23. The highest BCUT2D eigenvalue weighted by Crippen LogP contribution is 2.28. The van der Waals surface area contributed by atoms with Crippen molar-refractivity contribution in [3.05, 3.63) is 11.4 Å². The minimum Gasteiger partial charge on any atom is -0.381 e. The lowest BCUT2D eigenvalue weighted by molar-refractivity contribution is 0.0833. The summed E-state index contributed by atoms with van der Waals surface area (Å²) in [5.41, 5.74) is 7.92. The Morgan fingerprint density at radius 1 is 1.44 bits per heavy atom. The highest BCUT2D eigenvalue weighted by Gasteiger charge is 2.23. The van der Waals surface area contributed by atoms with Gasteiger partial charge < -0.3 is 10.5 Å². The Labute approximate surface area is 96.0 Å². The van der Waals surface area contributed by atoms with E-state index >= 15 is 0 Å². The molecule has 0 amide bonds. The fourth-order valence-corrected chi connectivity index (χ4v) is 2.30. The van der Waals surface area contributed by atoms with Gasteiger partial charge in [-0.25, -0.2) is 4.68 Å². The summed E-state index contributed by atoms with van der Waals surface area (Å²) in [6.07, 6.45) is 3.19. The van der Waals surface area contributed by atoms with Crippen LogP contribution >= 0.6 is 0 Å². The average molecular weight is 224 g/mol. The maximum Gasteiger partial charge on any atom is 0.0997 e. The molecule has 1 aliphatic rings. The van der Waals surface area contributed by atoms with Gasteiger partial charge in [-0.05, 0) is 19.3 Å². The molecule has 1 fully saturated rings. The minimum atomic E-state index is 0.483. The van der Waals surface area contributed by atoms with Gasteiger partial charge in [0.25, 0.3) is 0 Å². The summed E-state index contributed by atoms with van der Waals surface area (Å²) in [4.78, 5) is 0. The van der Waals surface area contributed by atoms with Gasteiger partial charge >= 0.3 is 0 Å². The van der Waals surface area contributed by atoms with Gasteiger partial charge in [-0.3, -0.25) is 0 Å². The Morgan fingerprint density at radius 2 is 2.19 bits per heavy atom. The van der Waals surface area contributed by atoms with E-state index in [0.29, 0.717) is 12.5 Å². The molecule has 0 spiro atoms. The average Bonchev–Trinajstić information content (AvgIpc) is 2.74. The molecule has 5 heteroatoms. The molecule has 0 atom stereocenters. The molecule has 90 valence electrons. The van der Waals surface area contributed by atoms with Crippen LogP contribution in [0.5, 0.6) is 0 Å². The molecule has 1 aliphatic heterocycles. The monoisotopic (exact) mass is 224 g/mol. The van der Waals surface area contributed by atoms with Crippen molar-refractivity contribution in [1.82, 2.24) is 15.0 Å². The largest absolute Gasteiger partial charge is 0.381 e. The Hall–Kier alpha value is -0.940. The zero-order valence-electron chi connectivity index (χ0n) is 9.85. The molecule has 0 aromatic carbocycles. The van der Waals surface area contributed by atoms with Gasteiger partial charge in [0.05, 0.1) is 11.4 Å². The Balaban J connectivity index is 2.23. The van der Waals surface area contributed by atoms with Gasteiger partial charge in [-0.2, -0.15) is 0 Å². The molecule has 16 heavy (non-hydrogen) atoms. The van der Waals surface area contributed by atoms with Gasteiger partial charge in [-0.1, -0.05) is 12.1 Å². The van der Waals surface area contributed by atoms with Crippen molar-refractivity contribution < 1.29 is 4.74 Å². The Kier molecular flexibility index (Phi) is 3.90. The van der Waals surface area contributed by atoms with E-state index in [-0.39, 0.29) is 0 Å². The van der Waals surface area contributed by atoms with Crippen molar-refractivity contribution >= 4 is 0 Å². The number of aryl methyl sites for hydroxylation is 1. The van der Waals surface area contributed by atoms with Gasteiger partial charge in [0.2, 0.25) is 0 Å². The molecule has 2 rings (SSSR count). The predicted octanol–water partition coefficient (Wildman–Crippen LogP) is 1.04. The zero-order chi connectivity index (χ0) is 11.4. The van der Waals surface area contributed by atoms with Crippen molar-refractivity contribution in [1.29, 1.82) is 0 Å². The number of nitrogens with zero attached hydrogens (tertiary/aromatic N) is 3. The number of rotatable bonds is 4. The molecular weight excluding hydrogens is 204 g/mol. The van der Waals surface area contributed by atoms with E-state index < -0.39 is 0 Å². The van der Waals surface area contributed by atoms with Crippen LogP contribution in [0.25, 0.3) is 0 Å². The van der Waals surface area contributed by atoms with E-state index in [1.807, 2.05) is 4.68 Å². The minimum absolute atomic E-state index is 0.483. The van der Waals surface area contributed by atoms with Crippen LogP contribution in [-0.2, 0) is 17.8 Å². The Morgan fingerprint density at radius 3 is 2.81 bits per heavy atom. The number of hydrogen-bond donors (Lipinski definition) is 1. The van der Waals surface area contributed by atoms with Gasteiger partial charge in [0.15, 0.2) is 0 Å². The highest BCUT2D eigenvalue weighted by atomic mass is 16.5. The van der Waals surface area contributed by atoms with Crippen molar-refractivity contribution in [3.63, 3.8) is 0 Å². The Bertz CT molecular complexity index is 331. The first-order chi connectivity index (χ1) is 7.86. The van der Waals surface area contributed by atoms with Gasteiger partial charge in [0.1, 0.15) is 0 Å². The summed E-state index contributed by atoms with van der Waals surface area (Å²) in [5.74, 6) is 0.522. The van der Waals surface area contributed by atoms with Gasteiger partial charge in [-0.15, -0.1) is 5.10 Å². The predicted molar refractivity (Wildman–Crippen MR) is 61.0 cm³/mol. The highest BCUT2D eigenvalue weighted by molar-refractivity contribution is 5.16. The van der Waals surface area contributed by atoms with Crippen molar-refractivity contribution in [3.8, 4) is 0 Å². The molecule has 1 aromatic heterocycles. The van der Waals surface area contributed by atoms with Crippen LogP contribution in [-0.4, -0.2) is 28.2 Å². The van der Waals surface area contributed by atoms with Crippen LogP contribution in [0, 0.1) is 0 Å². The SMILES string of the molecule is CCCn1nnc(CN)c1C1CCOCC1. The lowest BCUT2D eigenvalue weighted by Crippen LogP contribution is -2.19. The fourth-order valence-electron chi connectivity index (χ4n) is 2.30. The van der Waals surface area contributed by atoms with Crippen LogP contribution in [0.3, 0.4) is 0 Å². The molecule has 1 aromatic rings. The number of ether oxygens (including phenoxy) is 1. The third-order valence-corrected chi connectivity index (χ3v) is 3.08. The summed E-state index contributed by atoms with van der Waals surface area (Å²) in [6.45, 7) is 5.24. The van der Waals surface area contributed by atoms with Crippen LogP contribution in [0.1, 0.15) is 43.5 Å². The first-order valence-corrected chi connectivity index (χ1v) is 6.06. The second-order valence-corrected chi connectivity index (χ2v) is 4.24. The van der Waals surface area contributed by atoms with Crippen molar-refractivity contribution in [2.45, 2.75) is 45.2 Å². The zero-order valence-corrected chi connectivity index (χ0v) is 9.85. The number of hydrogen-bond acceptors (Lipinski definition) is 4. The van der Waals surface area contributed by atoms with Crippen molar-refractivity contribution in [2.24, 2.45) is 5.73 Å². The quantitative estimate of drug-likeness (QED) is 0.830. The van der Waals surface area contributed by atoms with E-state index in [1.165, 1.54) is 5.69 Å². The third kappa shape index (κ3) is 2.25. The number of aromatic nitrogens is 3. The number of nitrogens with two attached hydrogens (primary N) is 1. The standard InChI is InChI=1S/C11H20N4O/c1-2-5-15-11(10(8-12)13-14-15)9-3-6-16-7-4-9/h9H,2-8,12H2,1H3. The van der Waals surface area contributed by atoms with E-state index in [4.69, 9.17) is 10.5 Å². The van der Waals surface area contributed by atoms with Crippen LogP contribution in [0.2, 0.25) is 0 Å². The molecule has 5 nitrogen and oxygen atoms in total. The smallest absolute Gasteiger partial charge is 0.0997 e. The summed E-state index contributed by atoms with van der Waals surface area (Å²) < 4.78 is 7.42. The van der Waals surface area contributed by atoms with Crippen LogP contribution < -0.4 is 5.73 Å². The topological polar surface area (TPSA) is 66.0 Å². The first-order valence-electron chi connectivity index (χ1n) is 6.06. The van der Waals surface area contributed by atoms with Gasteiger partial charge in [0, 0.05) is 32.2 Å².